The van der Waals surface area contributed by atoms with Crippen molar-refractivity contribution in [2.75, 3.05) is 13.2 Å². The van der Waals surface area contributed by atoms with Gasteiger partial charge in [0.15, 0.2) is 18.1 Å². The molecule has 1 amide bonds. The van der Waals surface area contributed by atoms with Crippen molar-refractivity contribution in [3.05, 3.63) is 23.8 Å². The molecule has 5 nitrogen and oxygen atoms in total. The molecule has 0 bridgehead atoms. The fourth-order valence-electron chi connectivity index (χ4n) is 1.94. The van der Waals surface area contributed by atoms with Crippen molar-refractivity contribution in [2.24, 2.45) is 0 Å². The van der Waals surface area contributed by atoms with Gasteiger partial charge < -0.3 is 19.9 Å². The third kappa shape index (κ3) is 5.63. The van der Waals surface area contributed by atoms with Crippen LogP contribution in [0.25, 0.3) is 0 Å². The molecule has 0 aliphatic carbocycles. The van der Waals surface area contributed by atoms with Gasteiger partial charge in [-0.25, -0.2) is 0 Å². The van der Waals surface area contributed by atoms with Crippen molar-refractivity contribution in [3.63, 3.8) is 0 Å². The maximum atomic E-state index is 11.8. The molecular weight excluding hydrogens is 270 g/mol. The van der Waals surface area contributed by atoms with Crippen molar-refractivity contribution in [2.45, 2.75) is 46.3 Å². The molecule has 0 unspecified atom stereocenters. The lowest BCUT2D eigenvalue weighted by atomic mass is 10.2. The van der Waals surface area contributed by atoms with Gasteiger partial charge >= 0.3 is 0 Å². The van der Waals surface area contributed by atoms with Crippen LogP contribution in [0.2, 0.25) is 0 Å². The summed E-state index contributed by atoms with van der Waals surface area (Å²) < 4.78 is 11.0. The van der Waals surface area contributed by atoms with Crippen LogP contribution in [0.4, 0.5) is 0 Å². The molecule has 1 rings (SSSR count). The second-order valence-corrected chi connectivity index (χ2v) is 4.74. The van der Waals surface area contributed by atoms with Crippen molar-refractivity contribution in [3.8, 4) is 11.5 Å². The second-order valence-electron chi connectivity index (χ2n) is 4.74. The Morgan fingerprint density at radius 2 is 1.90 bits per heavy atom. The largest absolute Gasteiger partial charge is 0.490 e. The first-order valence-electron chi connectivity index (χ1n) is 7.43. The Morgan fingerprint density at radius 3 is 2.48 bits per heavy atom. The summed E-state index contributed by atoms with van der Waals surface area (Å²) in [4.78, 5) is 11.8. The number of nitrogens with one attached hydrogen (secondary N) is 1. The summed E-state index contributed by atoms with van der Waals surface area (Å²) in [7, 11) is 0. The van der Waals surface area contributed by atoms with E-state index in [0.717, 1.165) is 18.4 Å². The third-order valence-electron chi connectivity index (χ3n) is 3.20. The quantitative estimate of drug-likeness (QED) is 0.733. The predicted octanol–water partition coefficient (Wildman–Crippen LogP) is 2.26. The van der Waals surface area contributed by atoms with E-state index >= 15 is 0 Å². The Morgan fingerprint density at radius 1 is 1.19 bits per heavy atom. The highest BCUT2D eigenvalue weighted by Gasteiger charge is 2.11. The number of benzene rings is 1. The predicted molar refractivity (Wildman–Crippen MR) is 81.5 cm³/mol. The SMILES string of the molecule is CCOc1cc(CO)ccc1OCC(=O)NC(CC)CC. The Hall–Kier alpha value is -1.75. The molecule has 0 spiro atoms. The molecule has 0 radical (unpaired) electrons. The van der Waals surface area contributed by atoms with Crippen LogP contribution in [-0.4, -0.2) is 30.3 Å². The lowest BCUT2D eigenvalue weighted by Crippen LogP contribution is -2.37. The van der Waals surface area contributed by atoms with Gasteiger partial charge in [-0.1, -0.05) is 19.9 Å². The summed E-state index contributed by atoms with van der Waals surface area (Å²) in [6.45, 7) is 6.33. The summed E-state index contributed by atoms with van der Waals surface area (Å²) in [6, 6.07) is 5.36. The van der Waals surface area contributed by atoms with Crippen LogP contribution in [0, 0.1) is 0 Å². The first kappa shape index (κ1) is 17.3. The van der Waals surface area contributed by atoms with Crippen LogP contribution in [0.3, 0.4) is 0 Å². The van der Waals surface area contributed by atoms with E-state index in [0.29, 0.717) is 18.1 Å². The summed E-state index contributed by atoms with van der Waals surface area (Å²) >= 11 is 0. The number of hydrogen-bond acceptors (Lipinski definition) is 4. The van der Waals surface area contributed by atoms with Gasteiger partial charge in [-0.2, -0.15) is 0 Å². The first-order valence-corrected chi connectivity index (χ1v) is 7.43. The van der Waals surface area contributed by atoms with Crippen LogP contribution < -0.4 is 14.8 Å². The van der Waals surface area contributed by atoms with E-state index in [2.05, 4.69) is 5.32 Å². The van der Waals surface area contributed by atoms with Crippen LogP contribution in [0.5, 0.6) is 11.5 Å². The van der Waals surface area contributed by atoms with Gasteiger partial charge in [0.2, 0.25) is 0 Å². The minimum Gasteiger partial charge on any atom is -0.490 e. The average Bonchev–Trinajstić information content (AvgIpc) is 2.51. The molecule has 0 aliphatic rings. The lowest BCUT2D eigenvalue weighted by Gasteiger charge is -2.16. The molecule has 0 saturated carbocycles. The molecule has 1 aromatic carbocycles. The molecule has 21 heavy (non-hydrogen) atoms. The Bertz CT molecular complexity index is 444. The zero-order chi connectivity index (χ0) is 15.7. The molecule has 1 aromatic rings. The fourth-order valence-corrected chi connectivity index (χ4v) is 1.94. The maximum Gasteiger partial charge on any atom is 0.258 e. The molecule has 118 valence electrons. The van der Waals surface area contributed by atoms with E-state index in [9.17, 15) is 4.79 Å². The van der Waals surface area contributed by atoms with E-state index in [1.54, 1.807) is 18.2 Å². The Labute approximate surface area is 126 Å². The zero-order valence-electron chi connectivity index (χ0n) is 13.0. The highest BCUT2D eigenvalue weighted by atomic mass is 16.5. The van der Waals surface area contributed by atoms with Gasteiger partial charge in [0.05, 0.1) is 13.2 Å². The maximum absolute atomic E-state index is 11.8. The molecule has 2 N–H and O–H groups in total. The highest BCUT2D eigenvalue weighted by Crippen LogP contribution is 2.28. The van der Waals surface area contributed by atoms with E-state index in [4.69, 9.17) is 14.6 Å². The second kappa shape index (κ2) is 9.23. The number of aliphatic hydroxyl groups excluding tert-OH is 1. The number of hydrogen-bond donors (Lipinski definition) is 2. The molecular formula is C16H25NO4. The van der Waals surface area contributed by atoms with Crippen molar-refractivity contribution >= 4 is 5.91 Å². The van der Waals surface area contributed by atoms with Crippen LogP contribution in [0.15, 0.2) is 18.2 Å². The van der Waals surface area contributed by atoms with Gasteiger partial charge in [0, 0.05) is 6.04 Å². The zero-order valence-corrected chi connectivity index (χ0v) is 13.0. The Kier molecular flexibility index (Phi) is 7.61. The Balaban J connectivity index is 2.63. The molecule has 0 saturated heterocycles. The summed E-state index contributed by atoms with van der Waals surface area (Å²) in [5.74, 6) is 0.908. The molecule has 0 aliphatic heterocycles. The van der Waals surface area contributed by atoms with E-state index in [1.807, 2.05) is 20.8 Å². The molecule has 0 heterocycles. The normalized spacial score (nSPS) is 10.5. The van der Waals surface area contributed by atoms with E-state index < -0.39 is 0 Å². The number of carbonyl (C=O) groups is 1. The number of rotatable bonds is 9. The molecule has 5 heteroatoms. The topological polar surface area (TPSA) is 67.8 Å². The van der Waals surface area contributed by atoms with Gasteiger partial charge in [-0.05, 0) is 37.5 Å². The lowest BCUT2D eigenvalue weighted by molar-refractivity contribution is -0.123. The van der Waals surface area contributed by atoms with E-state index in [-0.39, 0.29) is 25.2 Å². The monoisotopic (exact) mass is 295 g/mol. The van der Waals surface area contributed by atoms with Gasteiger partial charge in [0.25, 0.3) is 5.91 Å². The number of amides is 1. The molecule has 0 atom stereocenters. The van der Waals surface area contributed by atoms with Crippen LogP contribution in [-0.2, 0) is 11.4 Å². The summed E-state index contributed by atoms with van der Waals surface area (Å²) in [5, 5.41) is 12.0. The van der Waals surface area contributed by atoms with Crippen molar-refractivity contribution < 1.29 is 19.4 Å². The van der Waals surface area contributed by atoms with Crippen LogP contribution >= 0.6 is 0 Å². The minimum atomic E-state index is -0.141. The molecule has 0 fully saturated rings. The molecule has 0 aromatic heterocycles. The third-order valence-corrected chi connectivity index (χ3v) is 3.20. The van der Waals surface area contributed by atoms with Gasteiger partial charge in [0.1, 0.15) is 0 Å². The highest BCUT2D eigenvalue weighted by molar-refractivity contribution is 5.77. The van der Waals surface area contributed by atoms with Gasteiger partial charge in [-0.3, -0.25) is 4.79 Å². The minimum absolute atomic E-state index is 0.0466. The average molecular weight is 295 g/mol. The summed E-state index contributed by atoms with van der Waals surface area (Å²) in [5.41, 5.74) is 0.743. The fraction of sp³-hybridized carbons (Fsp3) is 0.562. The summed E-state index contributed by atoms with van der Waals surface area (Å²) in [6.07, 6.45) is 1.80. The first-order chi connectivity index (χ1) is 10.1. The standard InChI is InChI=1S/C16H25NO4/c1-4-13(5-2)17-16(19)11-21-14-8-7-12(10-18)9-15(14)20-6-3/h7-9,13,18H,4-6,10-11H2,1-3H3,(H,17,19). The number of aliphatic hydroxyl groups is 1. The van der Waals surface area contributed by atoms with Crippen LogP contribution in [0.1, 0.15) is 39.2 Å². The number of carbonyl (C=O) groups excluding carboxylic acids is 1. The van der Waals surface area contributed by atoms with Gasteiger partial charge in [-0.15, -0.1) is 0 Å². The van der Waals surface area contributed by atoms with Crippen molar-refractivity contribution in [1.29, 1.82) is 0 Å². The van der Waals surface area contributed by atoms with E-state index in [1.165, 1.54) is 0 Å². The number of ether oxygens (including phenoxy) is 2. The smallest absolute Gasteiger partial charge is 0.258 e. The van der Waals surface area contributed by atoms with Crippen molar-refractivity contribution in [1.82, 2.24) is 5.32 Å².